The second-order valence-corrected chi connectivity index (χ2v) is 6.59. The quantitative estimate of drug-likeness (QED) is 0.572. The van der Waals surface area contributed by atoms with Gasteiger partial charge in [0.15, 0.2) is 12.4 Å². The van der Waals surface area contributed by atoms with Crippen LogP contribution < -0.4 is 10.1 Å². The maximum atomic E-state index is 12.4. The molecule has 1 N–H and O–H groups in total. The third-order valence-electron chi connectivity index (χ3n) is 4.33. The molecular weight excluding hydrogens is 354 g/mol. The summed E-state index contributed by atoms with van der Waals surface area (Å²) in [6.45, 7) is 1.88. The van der Waals surface area contributed by atoms with Crippen LogP contribution in [0.5, 0.6) is 5.75 Å². The molecule has 0 aliphatic carbocycles. The van der Waals surface area contributed by atoms with Crippen molar-refractivity contribution in [1.82, 2.24) is 5.32 Å². The molecule has 144 valence electrons. The highest BCUT2D eigenvalue weighted by Gasteiger charge is 2.11. The number of ketones is 1. The molecule has 1 heterocycles. The van der Waals surface area contributed by atoms with Gasteiger partial charge >= 0.3 is 0 Å². The maximum absolute atomic E-state index is 12.4. The van der Waals surface area contributed by atoms with Gasteiger partial charge in [0, 0.05) is 23.6 Å². The summed E-state index contributed by atoms with van der Waals surface area (Å²) >= 11 is 0. The molecule has 1 atom stereocenters. The van der Waals surface area contributed by atoms with Gasteiger partial charge < -0.3 is 14.5 Å². The van der Waals surface area contributed by atoms with E-state index in [0.717, 1.165) is 18.6 Å². The zero-order chi connectivity index (χ0) is 19.8. The second-order valence-electron chi connectivity index (χ2n) is 6.59. The van der Waals surface area contributed by atoms with Gasteiger partial charge in [-0.3, -0.25) is 9.59 Å². The minimum atomic E-state index is -0.184. The summed E-state index contributed by atoms with van der Waals surface area (Å²) < 4.78 is 10.8. The van der Waals surface area contributed by atoms with Crippen LogP contribution in [0.1, 0.15) is 35.0 Å². The van der Waals surface area contributed by atoms with Crippen LogP contribution in [-0.2, 0) is 11.2 Å². The van der Waals surface area contributed by atoms with Gasteiger partial charge in [-0.15, -0.1) is 0 Å². The Hall–Kier alpha value is -3.34. The van der Waals surface area contributed by atoms with Gasteiger partial charge in [0.05, 0.1) is 6.26 Å². The molecule has 3 rings (SSSR count). The van der Waals surface area contributed by atoms with Crippen molar-refractivity contribution >= 4 is 11.7 Å². The molecule has 28 heavy (non-hydrogen) atoms. The molecule has 0 saturated carbocycles. The number of furan rings is 1. The van der Waals surface area contributed by atoms with Crippen molar-refractivity contribution in [3.05, 3.63) is 89.9 Å². The molecule has 3 aromatic rings. The van der Waals surface area contributed by atoms with E-state index in [-0.39, 0.29) is 24.3 Å². The average molecular weight is 377 g/mol. The van der Waals surface area contributed by atoms with Gasteiger partial charge in [0.2, 0.25) is 0 Å². The van der Waals surface area contributed by atoms with Crippen LogP contribution in [0.15, 0.2) is 77.4 Å². The standard InChI is InChI=1S/C23H23NO4/c1-17(9-12-20-8-5-15-27-20)24-22(25)16-28-21-13-10-19(11-14-21)23(26)18-6-3-2-4-7-18/h2-8,10-11,13-15,17H,9,12,16H2,1H3,(H,24,25)/t17-/m0/s1. The largest absolute Gasteiger partial charge is 0.484 e. The summed E-state index contributed by atoms with van der Waals surface area (Å²) in [7, 11) is 0. The van der Waals surface area contributed by atoms with Crippen molar-refractivity contribution in [3.63, 3.8) is 0 Å². The van der Waals surface area contributed by atoms with Crippen molar-refractivity contribution in [2.24, 2.45) is 0 Å². The zero-order valence-corrected chi connectivity index (χ0v) is 15.8. The van der Waals surface area contributed by atoms with Crippen LogP contribution in [-0.4, -0.2) is 24.3 Å². The summed E-state index contributed by atoms with van der Waals surface area (Å²) in [5.74, 6) is 1.22. The van der Waals surface area contributed by atoms with E-state index < -0.39 is 0 Å². The molecule has 1 aromatic heterocycles. The van der Waals surface area contributed by atoms with Crippen LogP contribution in [0.4, 0.5) is 0 Å². The van der Waals surface area contributed by atoms with E-state index >= 15 is 0 Å². The smallest absolute Gasteiger partial charge is 0.258 e. The highest BCUT2D eigenvalue weighted by Crippen LogP contribution is 2.15. The molecule has 1 amide bonds. The van der Waals surface area contributed by atoms with E-state index in [0.29, 0.717) is 16.9 Å². The lowest BCUT2D eigenvalue weighted by Gasteiger charge is -2.13. The number of rotatable bonds is 9. The Morgan fingerprint density at radius 3 is 2.36 bits per heavy atom. The van der Waals surface area contributed by atoms with E-state index in [1.807, 2.05) is 37.3 Å². The van der Waals surface area contributed by atoms with Gasteiger partial charge in [-0.1, -0.05) is 30.3 Å². The van der Waals surface area contributed by atoms with Crippen LogP contribution in [0.2, 0.25) is 0 Å². The van der Waals surface area contributed by atoms with Crippen molar-refractivity contribution in [2.75, 3.05) is 6.61 Å². The highest BCUT2D eigenvalue weighted by atomic mass is 16.5. The molecule has 0 aliphatic heterocycles. The zero-order valence-electron chi connectivity index (χ0n) is 15.8. The molecule has 0 fully saturated rings. The van der Waals surface area contributed by atoms with Crippen molar-refractivity contribution in [2.45, 2.75) is 25.8 Å². The number of carbonyl (C=O) groups is 2. The summed E-state index contributed by atoms with van der Waals surface area (Å²) in [5, 5.41) is 2.90. The third-order valence-corrected chi connectivity index (χ3v) is 4.33. The lowest BCUT2D eigenvalue weighted by atomic mass is 10.0. The number of hydrogen-bond donors (Lipinski definition) is 1. The number of hydrogen-bond acceptors (Lipinski definition) is 4. The molecule has 0 radical (unpaired) electrons. The van der Waals surface area contributed by atoms with E-state index in [4.69, 9.17) is 9.15 Å². The lowest BCUT2D eigenvalue weighted by molar-refractivity contribution is -0.123. The number of benzene rings is 2. The fourth-order valence-corrected chi connectivity index (χ4v) is 2.81. The second kappa shape index (κ2) is 9.55. The van der Waals surface area contributed by atoms with Crippen molar-refractivity contribution in [1.29, 1.82) is 0 Å². The summed E-state index contributed by atoms with van der Waals surface area (Å²) in [6, 6.07) is 19.7. The number of nitrogens with one attached hydrogen (secondary N) is 1. The number of amides is 1. The molecule has 5 heteroatoms. The Kier molecular flexibility index (Phi) is 6.63. The monoisotopic (exact) mass is 377 g/mol. The highest BCUT2D eigenvalue weighted by molar-refractivity contribution is 6.08. The Labute approximate surface area is 164 Å². The molecular formula is C23H23NO4. The maximum Gasteiger partial charge on any atom is 0.258 e. The van der Waals surface area contributed by atoms with Crippen LogP contribution in [0.25, 0.3) is 0 Å². The van der Waals surface area contributed by atoms with Gasteiger partial charge in [0.1, 0.15) is 11.5 Å². The normalized spacial score (nSPS) is 11.6. The average Bonchev–Trinajstić information content (AvgIpc) is 3.25. The first kappa shape index (κ1) is 19.4. The predicted octanol–water partition coefficient (Wildman–Crippen LogP) is 4.03. The predicted molar refractivity (Wildman–Crippen MR) is 106 cm³/mol. The van der Waals surface area contributed by atoms with Crippen LogP contribution in [0, 0.1) is 0 Å². The minimum absolute atomic E-state index is 0.0204. The number of carbonyl (C=O) groups excluding carboxylic acids is 2. The van der Waals surface area contributed by atoms with E-state index in [1.165, 1.54) is 0 Å². The fraction of sp³-hybridized carbons (Fsp3) is 0.217. The fourth-order valence-electron chi connectivity index (χ4n) is 2.81. The number of ether oxygens (including phenoxy) is 1. The molecule has 0 unspecified atom stereocenters. The van der Waals surface area contributed by atoms with Gasteiger partial charge in [-0.25, -0.2) is 0 Å². The van der Waals surface area contributed by atoms with Crippen LogP contribution in [0.3, 0.4) is 0 Å². The molecule has 0 saturated heterocycles. The Morgan fingerprint density at radius 2 is 1.68 bits per heavy atom. The van der Waals surface area contributed by atoms with Gasteiger partial charge in [-0.05, 0) is 49.7 Å². The first-order valence-corrected chi connectivity index (χ1v) is 9.26. The van der Waals surface area contributed by atoms with E-state index in [2.05, 4.69) is 5.32 Å². The Bertz CT molecular complexity index is 886. The van der Waals surface area contributed by atoms with E-state index in [1.54, 1.807) is 42.7 Å². The minimum Gasteiger partial charge on any atom is -0.484 e. The first-order chi connectivity index (χ1) is 13.6. The lowest BCUT2D eigenvalue weighted by Crippen LogP contribution is -2.36. The van der Waals surface area contributed by atoms with Crippen LogP contribution >= 0.6 is 0 Å². The Balaban J connectivity index is 1.44. The molecule has 0 spiro atoms. The van der Waals surface area contributed by atoms with E-state index in [9.17, 15) is 9.59 Å². The third kappa shape index (κ3) is 5.58. The summed E-state index contributed by atoms with van der Waals surface area (Å²) in [4.78, 5) is 24.4. The molecule has 0 aliphatic rings. The molecule has 5 nitrogen and oxygen atoms in total. The van der Waals surface area contributed by atoms with Gasteiger partial charge in [0.25, 0.3) is 5.91 Å². The molecule has 2 aromatic carbocycles. The van der Waals surface area contributed by atoms with Crippen molar-refractivity contribution in [3.8, 4) is 5.75 Å². The van der Waals surface area contributed by atoms with Gasteiger partial charge in [-0.2, -0.15) is 0 Å². The summed E-state index contributed by atoms with van der Waals surface area (Å²) in [5.41, 5.74) is 1.22. The topological polar surface area (TPSA) is 68.5 Å². The summed E-state index contributed by atoms with van der Waals surface area (Å²) in [6.07, 6.45) is 3.20. The Morgan fingerprint density at radius 1 is 0.964 bits per heavy atom. The first-order valence-electron chi connectivity index (χ1n) is 9.26. The molecule has 0 bridgehead atoms. The number of aryl methyl sites for hydroxylation is 1. The SMILES string of the molecule is C[C@@H](CCc1ccco1)NC(=O)COc1ccc(C(=O)c2ccccc2)cc1. The van der Waals surface area contributed by atoms with Crippen molar-refractivity contribution < 1.29 is 18.7 Å².